The highest BCUT2D eigenvalue weighted by atomic mass is 19.1. The molecule has 1 amide bonds. The van der Waals surface area contributed by atoms with Crippen molar-refractivity contribution < 1.29 is 9.18 Å². The molecule has 0 bridgehead atoms. The Morgan fingerprint density at radius 2 is 1.80 bits per heavy atom. The lowest BCUT2D eigenvalue weighted by atomic mass is 10.1. The van der Waals surface area contributed by atoms with Crippen LogP contribution in [0.1, 0.15) is 5.56 Å². The van der Waals surface area contributed by atoms with Crippen molar-refractivity contribution in [2.24, 2.45) is 0 Å². The fourth-order valence-electron chi connectivity index (χ4n) is 2.96. The predicted octanol–water partition coefficient (Wildman–Crippen LogP) is 1.15. The number of amides is 1. The molecule has 0 atom stereocenters. The number of fused-ring (bicyclic) bond motifs is 1. The molecule has 1 aliphatic rings. The Bertz CT molecular complexity index is 886. The Morgan fingerprint density at radius 1 is 1.04 bits per heavy atom. The first kappa shape index (κ1) is 15.5. The van der Waals surface area contributed by atoms with E-state index in [1.807, 2.05) is 17.0 Å². The smallest absolute Gasteiger partial charge is 0.227 e. The molecular formula is C17H17FN6O. The molecule has 0 unspecified atom stereocenters. The van der Waals surface area contributed by atoms with Crippen LogP contribution in [0.4, 0.5) is 10.2 Å². The minimum atomic E-state index is -0.289. The van der Waals surface area contributed by atoms with Crippen molar-refractivity contribution in [3.8, 4) is 0 Å². The second-order valence-corrected chi connectivity index (χ2v) is 6.00. The summed E-state index contributed by atoms with van der Waals surface area (Å²) in [6, 6.07) is 9.87. The third-order valence-electron chi connectivity index (χ3n) is 4.37. The number of nitrogens with zero attached hydrogens (tertiary/aromatic N) is 6. The molecule has 4 rings (SSSR count). The number of benzene rings is 1. The molecule has 3 heterocycles. The second kappa shape index (κ2) is 6.46. The van der Waals surface area contributed by atoms with E-state index >= 15 is 0 Å². The zero-order chi connectivity index (χ0) is 17.2. The number of carbonyl (C=O) groups excluding carboxylic acids is 1. The van der Waals surface area contributed by atoms with E-state index in [0.717, 1.165) is 24.5 Å². The van der Waals surface area contributed by atoms with Gasteiger partial charge < -0.3 is 9.80 Å². The number of aromatic nitrogens is 4. The molecule has 0 saturated carbocycles. The van der Waals surface area contributed by atoms with E-state index in [9.17, 15) is 9.18 Å². The Hall–Kier alpha value is -3.03. The fraction of sp³-hybridized carbons (Fsp3) is 0.294. The highest BCUT2D eigenvalue weighted by Gasteiger charge is 2.22. The maximum absolute atomic E-state index is 12.9. The average molecular weight is 340 g/mol. The van der Waals surface area contributed by atoms with Gasteiger partial charge in [-0.2, -0.15) is 4.52 Å². The fourth-order valence-corrected chi connectivity index (χ4v) is 2.96. The van der Waals surface area contributed by atoms with Crippen molar-refractivity contribution >= 4 is 17.4 Å². The van der Waals surface area contributed by atoms with E-state index in [-0.39, 0.29) is 11.7 Å². The predicted molar refractivity (Wildman–Crippen MR) is 89.7 cm³/mol. The molecule has 25 heavy (non-hydrogen) atoms. The van der Waals surface area contributed by atoms with Crippen molar-refractivity contribution in [1.82, 2.24) is 24.7 Å². The van der Waals surface area contributed by atoms with Crippen LogP contribution in [-0.2, 0) is 11.2 Å². The number of carbonyl (C=O) groups is 1. The Balaban J connectivity index is 1.37. The number of halogens is 1. The van der Waals surface area contributed by atoms with E-state index in [0.29, 0.717) is 25.2 Å². The third kappa shape index (κ3) is 3.28. The molecule has 0 radical (unpaired) electrons. The zero-order valence-electron chi connectivity index (χ0n) is 13.5. The quantitative estimate of drug-likeness (QED) is 0.716. The monoisotopic (exact) mass is 340 g/mol. The maximum Gasteiger partial charge on any atom is 0.227 e. The lowest BCUT2D eigenvalue weighted by Crippen LogP contribution is -2.49. The molecule has 0 aliphatic carbocycles. The van der Waals surface area contributed by atoms with Crippen molar-refractivity contribution in [2.45, 2.75) is 6.42 Å². The summed E-state index contributed by atoms with van der Waals surface area (Å²) in [5.74, 6) is 0.619. The largest absolute Gasteiger partial charge is 0.352 e. The van der Waals surface area contributed by atoms with E-state index in [1.54, 1.807) is 23.0 Å². The maximum atomic E-state index is 12.9. The summed E-state index contributed by atoms with van der Waals surface area (Å²) in [5.41, 5.74) is 1.53. The van der Waals surface area contributed by atoms with Gasteiger partial charge in [0.1, 0.15) is 18.0 Å². The standard InChI is InChI=1S/C17H17FN6O/c18-14-3-1-13(2-4-14)11-17(25)23-9-7-22(8-10-23)16-6-5-15-20-19-12-24(15)21-16/h1-6,12H,7-11H2. The second-order valence-electron chi connectivity index (χ2n) is 6.00. The Kier molecular flexibility index (Phi) is 4.01. The Morgan fingerprint density at radius 3 is 2.56 bits per heavy atom. The third-order valence-corrected chi connectivity index (χ3v) is 4.37. The van der Waals surface area contributed by atoms with Gasteiger partial charge in [-0.1, -0.05) is 12.1 Å². The molecule has 0 N–H and O–H groups in total. The molecule has 128 valence electrons. The lowest BCUT2D eigenvalue weighted by Gasteiger charge is -2.35. The molecule has 1 aliphatic heterocycles. The molecule has 2 aromatic heterocycles. The number of rotatable bonds is 3. The minimum absolute atomic E-state index is 0.0634. The van der Waals surface area contributed by atoms with E-state index in [4.69, 9.17) is 0 Å². The molecule has 8 heteroatoms. The average Bonchev–Trinajstić information content (AvgIpc) is 3.11. The molecular weight excluding hydrogens is 323 g/mol. The van der Waals surface area contributed by atoms with Crippen LogP contribution >= 0.6 is 0 Å². The first-order valence-corrected chi connectivity index (χ1v) is 8.13. The van der Waals surface area contributed by atoms with Crippen LogP contribution in [0.2, 0.25) is 0 Å². The summed E-state index contributed by atoms with van der Waals surface area (Å²) in [5, 5.41) is 12.2. The molecule has 1 saturated heterocycles. The van der Waals surface area contributed by atoms with Crippen molar-refractivity contribution in [2.75, 3.05) is 31.1 Å². The molecule has 0 spiro atoms. The van der Waals surface area contributed by atoms with Crippen LogP contribution in [0, 0.1) is 5.82 Å². The zero-order valence-corrected chi connectivity index (χ0v) is 13.5. The van der Waals surface area contributed by atoms with Gasteiger partial charge in [-0.3, -0.25) is 4.79 Å². The van der Waals surface area contributed by atoms with Crippen LogP contribution in [0.15, 0.2) is 42.7 Å². The molecule has 1 fully saturated rings. The summed E-state index contributed by atoms with van der Waals surface area (Å²) in [7, 11) is 0. The normalized spacial score (nSPS) is 14.9. The van der Waals surface area contributed by atoms with Gasteiger partial charge in [0.25, 0.3) is 0 Å². The number of hydrogen-bond acceptors (Lipinski definition) is 5. The van der Waals surface area contributed by atoms with Crippen LogP contribution < -0.4 is 4.90 Å². The first-order chi connectivity index (χ1) is 12.2. The number of hydrogen-bond donors (Lipinski definition) is 0. The van der Waals surface area contributed by atoms with Gasteiger partial charge in [-0.15, -0.1) is 15.3 Å². The van der Waals surface area contributed by atoms with Gasteiger partial charge in [-0.05, 0) is 29.8 Å². The van der Waals surface area contributed by atoms with Gasteiger partial charge in [-0.25, -0.2) is 4.39 Å². The van der Waals surface area contributed by atoms with Gasteiger partial charge >= 0.3 is 0 Å². The van der Waals surface area contributed by atoms with Crippen molar-refractivity contribution in [3.63, 3.8) is 0 Å². The van der Waals surface area contributed by atoms with Crippen LogP contribution in [-0.4, -0.2) is 56.8 Å². The van der Waals surface area contributed by atoms with Crippen LogP contribution in [0.5, 0.6) is 0 Å². The Labute approximate surface area is 143 Å². The van der Waals surface area contributed by atoms with Gasteiger partial charge in [0.2, 0.25) is 5.91 Å². The van der Waals surface area contributed by atoms with Crippen molar-refractivity contribution in [1.29, 1.82) is 0 Å². The van der Waals surface area contributed by atoms with Crippen LogP contribution in [0.3, 0.4) is 0 Å². The van der Waals surface area contributed by atoms with Crippen molar-refractivity contribution in [3.05, 3.63) is 54.1 Å². The van der Waals surface area contributed by atoms with Gasteiger partial charge in [0, 0.05) is 26.2 Å². The number of piperazine rings is 1. The van der Waals surface area contributed by atoms with E-state index in [2.05, 4.69) is 20.2 Å². The van der Waals surface area contributed by atoms with Gasteiger partial charge in [0.05, 0.1) is 6.42 Å². The van der Waals surface area contributed by atoms with E-state index < -0.39 is 0 Å². The summed E-state index contributed by atoms with van der Waals surface area (Å²) in [6.07, 6.45) is 1.87. The molecule has 1 aromatic carbocycles. The first-order valence-electron chi connectivity index (χ1n) is 8.13. The van der Waals surface area contributed by atoms with E-state index in [1.165, 1.54) is 12.1 Å². The molecule has 7 nitrogen and oxygen atoms in total. The lowest BCUT2D eigenvalue weighted by molar-refractivity contribution is -0.130. The summed E-state index contributed by atoms with van der Waals surface area (Å²) >= 11 is 0. The SMILES string of the molecule is O=C(Cc1ccc(F)cc1)N1CCN(c2ccc3nncn3n2)CC1. The summed E-state index contributed by atoms with van der Waals surface area (Å²) in [6.45, 7) is 2.72. The highest BCUT2D eigenvalue weighted by molar-refractivity contribution is 5.79. The summed E-state index contributed by atoms with van der Waals surface area (Å²) in [4.78, 5) is 16.4. The van der Waals surface area contributed by atoms with Crippen LogP contribution in [0.25, 0.3) is 5.65 Å². The minimum Gasteiger partial charge on any atom is -0.352 e. The summed E-state index contributed by atoms with van der Waals surface area (Å²) < 4.78 is 14.6. The highest BCUT2D eigenvalue weighted by Crippen LogP contribution is 2.15. The van der Waals surface area contributed by atoms with Gasteiger partial charge in [0.15, 0.2) is 5.65 Å². The molecule has 3 aromatic rings. The topological polar surface area (TPSA) is 66.6 Å². The number of anilines is 1.